The number of aliphatic imine (C=N–C) groups is 1. The van der Waals surface area contributed by atoms with Gasteiger partial charge in [-0.15, -0.1) is 0 Å². The van der Waals surface area contributed by atoms with Crippen LogP contribution >= 0.6 is 23.5 Å². The highest BCUT2D eigenvalue weighted by molar-refractivity contribution is 8.45. The largest absolute Gasteiger partial charge is 0.468 e. The number of carbonyl (C=O) groups is 2. The number of ether oxygens (including phenoxy) is 1. The Hall–Kier alpha value is -1.02. The molecule has 0 aromatic rings. The lowest BCUT2D eigenvalue weighted by atomic mass is 10.3. The van der Waals surface area contributed by atoms with Crippen LogP contribution in [0.25, 0.3) is 0 Å². The molecule has 1 unspecified atom stereocenters. The molecule has 0 saturated heterocycles. The number of hydrogen-bond acceptors (Lipinski definition) is 7. The maximum absolute atomic E-state index is 11.3. The average molecular weight is 287 g/mol. The lowest BCUT2D eigenvalue weighted by molar-refractivity contribution is -0.139. The summed E-state index contributed by atoms with van der Waals surface area (Å²) in [6.07, 6.45) is 1.22. The Balaban J connectivity index is 2.01. The van der Waals surface area contributed by atoms with Crippen molar-refractivity contribution in [2.45, 2.75) is 25.0 Å². The summed E-state index contributed by atoms with van der Waals surface area (Å²) < 4.78 is 5.38. The molecule has 0 aromatic carbocycles. The van der Waals surface area contributed by atoms with E-state index in [0.29, 0.717) is 18.1 Å². The van der Waals surface area contributed by atoms with E-state index in [1.807, 2.05) is 0 Å². The summed E-state index contributed by atoms with van der Waals surface area (Å²) >= 11 is 2.65. The number of hydrogen-bond donors (Lipinski definition) is 0. The standard InChI is InChI=1S/C10H13N3O3S2/c1-6(8(15)16-2)17-10-12-13-5-3-4-7(14)11-9(13)18-10/h6H,3-5H2,1-2H3. The Kier molecular flexibility index (Phi) is 4.28. The van der Waals surface area contributed by atoms with Gasteiger partial charge in [0.05, 0.1) is 7.11 Å². The van der Waals surface area contributed by atoms with E-state index in [-0.39, 0.29) is 17.1 Å². The SMILES string of the molecule is COC(=O)C(C)SC1=NN2CCCC(=O)N=C2S1. The van der Waals surface area contributed by atoms with Gasteiger partial charge in [0.15, 0.2) is 9.54 Å². The van der Waals surface area contributed by atoms with Crippen LogP contribution in [-0.2, 0) is 14.3 Å². The molecule has 1 amide bonds. The predicted molar refractivity (Wildman–Crippen MR) is 72.5 cm³/mol. The van der Waals surface area contributed by atoms with Gasteiger partial charge in [-0.3, -0.25) is 9.59 Å². The van der Waals surface area contributed by atoms with E-state index < -0.39 is 0 Å². The minimum Gasteiger partial charge on any atom is -0.468 e. The number of nitrogens with zero attached hydrogens (tertiary/aromatic N) is 3. The lowest BCUT2D eigenvalue weighted by Crippen LogP contribution is -2.18. The zero-order chi connectivity index (χ0) is 13.1. The fourth-order valence-corrected chi connectivity index (χ4v) is 3.64. The number of thioether (sulfide) groups is 2. The third-order valence-electron chi connectivity index (χ3n) is 2.39. The molecule has 2 rings (SSSR count). The van der Waals surface area contributed by atoms with Crippen LogP contribution in [0.1, 0.15) is 19.8 Å². The van der Waals surface area contributed by atoms with E-state index >= 15 is 0 Å². The summed E-state index contributed by atoms with van der Waals surface area (Å²) in [7, 11) is 1.36. The Labute approximate surface area is 113 Å². The Morgan fingerprint density at radius 2 is 2.39 bits per heavy atom. The Bertz CT molecular complexity index is 436. The van der Waals surface area contributed by atoms with Crippen molar-refractivity contribution < 1.29 is 14.3 Å². The van der Waals surface area contributed by atoms with Crippen molar-refractivity contribution in [3.05, 3.63) is 0 Å². The highest BCUT2D eigenvalue weighted by atomic mass is 32.2. The molecule has 0 aromatic heterocycles. The van der Waals surface area contributed by atoms with Gasteiger partial charge in [0, 0.05) is 13.0 Å². The maximum atomic E-state index is 11.3. The van der Waals surface area contributed by atoms with Gasteiger partial charge in [0.2, 0.25) is 5.91 Å². The molecule has 0 spiro atoms. The zero-order valence-electron chi connectivity index (χ0n) is 10.1. The highest BCUT2D eigenvalue weighted by Gasteiger charge is 2.29. The third-order valence-corrected chi connectivity index (χ3v) is 4.50. The molecule has 18 heavy (non-hydrogen) atoms. The van der Waals surface area contributed by atoms with E-state index in [2.05, 4.69) is 14.8 Å². The van der Waals surface area contributed by atoms with Gasteiger partial charge >= 0.3 is 5.97 Å². The van der Waals surface area contributed by atoms with Crippen molar-refractivity contribution >= 4 is 44.9 Å². The van der Waals surface area contributed by atoms with Gasteiger partial charge in [-0.25, -0.2) is 5.01 Å². The van der Waals surface area contributed by atoms with E-state index in [4.69, 9.17) is 0 Å². The monoisotopic (exact) mass is 287 g/mol. The van der Waals surface area contributed by atoms with Crippen LogP contribution < -0.4 is 0 Å². The van der Waals surface area contributed by atoms with Crippen molar-refractivity contribution in [2.75, 3.05) is 13.7 Å². The highest BCUT2D eigenvalue weighted by Crippen LogP contribution is 2.31. The summed E-state index contributed by atoms with van der Waals surface area (Å²) in [5, 5.41) is 6.36. The fourth-order valence-electron chi connectivity index (χ4n) is 1.47. The molecular weight excluding hydrogens is 274 g/mol. The quantitative estimate of drug-likeness (QED) is 0.712. The van der Waals surface area contributed by atoms with E-state index in [1.54, 1.807) is 11.9 Å². The molecule has 2 aliphatic rings. The number of amides is 1. The molecule has 2 aliphatic heterocycles. The smallest absolute Gasteiger partial charge is 0.318 e. The zero-order valence-corrected chi connectivity index (χ0v) is 11.7. The predicted octanol–water partition coefficient (Wildman–Crippen LogP) is 1.28. The summed E-state index contributed by atoms with van der Waals surface area (Å²) in [6, 6.07) is 0. The number of amidine groups is 1. The van der Waals surface area contributed by atoms with Crippen LogP contribution in [0, 0.1) is 0 Å². The molecule has 1 atom stereocenters. The van der Waals surface area contributed by atoms with E-state index in [9.17, 15) is 9.59 Å². The first kappa shape index (κ1) is 13.4. The van der Waals surface area contributed by atoms with Crippen LogP contribution in [-0.4, -0.2) is 45.3 Å². The third kappa shape index (κ3) is 3.05. The molecule has 0 bridgehead atoms. The first-order valence-corrected chi connectivity index (χ1v) is 7.20. The van der Waals surface area contributed by atoms with Crippen LogP contribution in [0.15, 0.2) is 10.1 Å². The van der Waals surface area contributed by atoms with Crippen LogP contribution in [0.2, 0.25) is 0 Å². The summed E-state index contributed by atoms with van der Waals surface area (Å²) in [6.45, 7) is 2.45. The van der Waals surface area contributed by atoms with Gasteiger partial charge in [-0.05, 0) is 25.1 Å². The number of hydrazone groups is 1. The number of esters is 1. The van der Waals surface area contributed by atoms with E-state index in [0.717, 1.165) is 10.8 Å². The Morgan fingerprint density at radius 1 is 1.61 bits per heavy atom. The minimum absolute atomic E-state index is 0.109. The molecular formula is C10H13N3O3S2. The first-order valence-electron chi connectivity index (χ1n) is 5.50. The normalized spacial score (nSPS) is 20.8. The Morgan fingerprint density at radius 3 is 3.11 bits per heavy atom. The van der Waals surface area contributed by atoms with Gasteiger partial charge in [0.25, 0.3) is 0 Å². The summed E-state index contributed by atoms with van der Waals surface area (Å²) in [5.74, 6) is -0.397. The number of methoxy groups -OCH3 is 1. The molecule has 0 fully saturated rings. The van der Waals surface area contributed by atoms with Crippen molar-refractivity contribution in [2.24, 2.45) is 10.1 Å². The fraction of sp³-hybridized carbons (Fsp3) is 0.600. The summed E-state index contributed by atoms with van der Waals surface area (Å²) in [5.41, 5.74) is 0. The summed E-state index contributed by atoms with van der Waals surface area (Å²) in [4.78, 5) is 26.6. The van der Waals surface area contributed by atoms with Crippen molar-refractivity contribution in [1.82, 2.24) is 5.01 Å². The average Bonchev–Trinajstić information content (AvgIpc) is 2.61. The maximum Gasteiger partial charge on any atom is 0.318 e. The molecule has 0 N–H and O–H groups in total. The molecule has 0 radical (unpaired) electrons. The molecule has 0 aliphatic carbocycles. The van der Waals surface area contributed by atoms with Gasteiger partial charge < -0.3 is 4.74 Å². The van der Waals surface area contributed by atoms with Crippen LogP contribution in [0.3, 0.4) is 0 Å². The van der Waals surface area contributed by atoms with Crippen molar-refractivity contribution in [3.63, 3.8) is 0 Å². The van der Waals surface area contributed by atoms with Crippen molar-refractivity contribution in [3.8, 4) is 0 Å². The molecule has 98 valence electrons. The van der Waals surface area contributed by atoms with E-state index in [1.165, 1.54) is 30.6 Å². The second-order valence-corrected chi connectivity index (χ2v) is 6.31. The second-order valence-electron chi connectivity index (χ2n) is 3.77. The second kappa shape index (κ2) is 5.75. The van der Waals surface area contributed by atoms with Crippen molar-refractivity contribution in [1.29, 1.82) is 0 Å². The van der Waals surface area contributed by atoms with Gasteiger partial charge in [0.1, 0.15) is 5.25 Å². The molecule has 2 heterocycles. The first-order chi connectivity index (χ1) is 8.60. The minimum atomic E-state index is -0.318. The van der Waals surface area contributed by atoms with Gasteiger partial charge in [-0.1, -0.05) is 11.8 Å². The molecule has 0 saturated carbocycles. The van der Waals surface area contributed by atoms with Crippen LogP contribution in [0.5, 0.6) is 0 Å². The number of carbonyl (C=O) groups excluding carboxylic acids is 2. The molecule has 8 heteroatoms. The lowest BCUT2D eigenvalue weighted by Gasteiger charge is -2.09. The van der Waals surface area contributed by atoms with Gasteiger partial charge in [-0.2, -0.15) is 10.1 Å². The number of rotatable bonds is 2. The van der Waals surface area contributed by atoms with Crippen LogP contribution in [0.4, 0.5) is 0 Å². The number of fused-ring (bicyclic) bond motifs is 1. The topological polar surface area (TPSA) is 71.3 Å². The molecule has 6 nitrogen and oxygen atoms in total.